The van der Waals surface area contributed by atoms with Crippen LogP contribution in [-0.4, -0.2) is 54.3 Å². The number of nitrogens with zero attached hydrogens (tertiary/aromatic N) is 1. The Balaban J connectivity index is 1.45. The third-order valence-corrected chi connectivity index (χ3v) is 4.69. The van der Waals surface area contributed by atoms with Crippen LogP contribution in [0.4, 0.5) is 0 Å². The molecule has 2 N–H and O–H groups in total. The largest absolute Gasteiger partial charge is 0.481 e. The molecule has 2 aromatic rings. The van der Waals surface area contributed by atoms with Crippen LogP contribution in [0.15, 0.2) is 42.5 Å². The van der Waals surface area contributed by atoms with E-state index in [9.17, 15) is 9.90 Å². The number of fused-ring (bicyclic) bond motifs is 1. The van der Waals surface area contributed by atoms with Gasteiger partial charge in [-0.3, -0.25) is 4.79 Å². The predicted octanol–water partition coefficient (Wildman–Crippen LogP) is 2.18. The molecular formula is C20H26N2O3. The van der Waals surface area contributed by atoms with Gasteiger partial charge in [-0.15, -0.1) is 0 Å². The number of hydrogen-bond acceptors (Lipinski definition) is 4. The molecule has 5 nitrogen and oxygen atoms in total. The number of likely N-dealkylation sites (tertiary alicyclic amines) is 1. The molecule has 1 atom stereocenters. The third-order valence-electron chi connectivity index (χ3n) is 4.69. The van der Waals surface area contributed by atoms with Gasteiger partial charge in [-0.25, -0.2) is 0 Å². The maximum Gasteiger partial charge on any atom is 0.260 e. The summed E-state index contributed by atoms with van der Waals surface area (Å²) in [6.07, 6.45) is 0.927. The molecule has 25 heavy (non-hydrogen) atoms. The highest BCUT2D eigenvalue weighted by Crippen LogP contribution is 2.21. The highest BCUT2D eigenvalue weighted by atomic mass is 16.5. The number of nitrogens with one attached hydrogen (secondary N) is 1. The Morgan fingerprint density at radius 3 is 2.72 bits per heavy atom. The summed E-state index contributed by atoms with van der Waals surface area (Å²) in [6.45, 7) is 4.95. The van der Waals surface area contributed by atoms with E-state index >= 15 is 0 Å². The van der Waals surface area contributed by atoms with Crippen LogP contribution < -0.4 is 10.1 Å². The van der Waals surface area contributed by atoms with Crippen molar-refractivity contribution in [2.75, 3.05) is 26.2 Å². The smallest absolute Gasteiger partial charge is 0.260 e. The summed E-state index contributed by atoms with van der Waals surface area (Å²) in [5.74, 6) is 0.594. The van der Waals surface area contributed by atoms with Crippen LogP contribution in [0, 0.1) is 0 Å². The molecule has 0 saturated carbocycles. The first-order valence-corrected chi connectivity index (χ1v) is 8.95. The van der Waals surface area contributed by atoms with Crippen molar-refractivity contribution in [2.45, 2.75) is 32.0 Å². The number of aliphatic hydroxyl groups is 1. The second-order valence-electron chi connectivity index (χ2n) is 6.63. The Morgan fingerprint density at radius 1 is 1.24 bits per heavy atom. The van der Waals surface area contributed by atoms with Crippen LogP contribution in [0.2, 0.25) is 0 Å². The lowest BCUT2D eigenvalue weighted by Crippen LogP contribution is -2.43. The van der Waals surface area contributed by atoms with Gasteiger partial charge in [0.15, 0.2) is 6.10 Å². The molecule has 1 fully saturated rings. The van der Waals surface area contributed by atoms with Crippen LogP contribution >= 0.6 is 0 Å². The standard InChI is InChI=1S/C20H26N2O3/c1-15(20(24)21-10-13-22-11-8-18(23)9-12-22)25-19-7-6-16-4-2-3-5-17(16)14-19/h2-7,14-15,18,23H,8-13H2,1H3,(H,21,24)/t15-/m1/s1. The molecule has 5 heteroatoms. The first-order valence-electron chi connectivity index (χ1n) is 8.95. The van der Waals surface area contributed by atoms with Gasteiger partial charge in [-0.2, -0.15) is 0 Å². The number of rotatable bonds is 6. The molecule has 0 spiro atoms. The molecule has 1 aliphatic rings. The molecule has 3 rings (SSSR count). The van der Waals surface area contributed by atoms with Gasteiger partial charge in [0.1, 0.15) is 5.75 Å². The summed E-state index contributed by atoms with van der Waals surface area (Å²) in [4.78, 5) is 14.5. The van der Waals surface area contributed by atoms with E-state index in [-0.39, 0.29) is 12.0 Å². The number of benzene rings is 2. The van der Waals surface area contributed by atoms with E-state index in [0.29, 0.717) is 12.3 Å². The molecule has 2 aromatic carbocycles. The summed E-state index contributed by atoms with van der Waals surface area (Å²) >= 11 is 0. The molecule has 0 bridgehead atoms. The van der Waals surface area contributed by atoms with Gasteiger partial charge in [0.25, 0.3) is 5.91 Å². The summed E-state index contributed by atoms with van der Waals surface area (Å²) < 4.78 is 5.78. The van der Waals surface area contributed by atoms with Gasteiger partial charge in [0, 0.05) is 26.2 Å². The Kier molecular flexibility index (Phi) is 5.89. The van der Waals surface area contributed by atoms with Gasteiger partial charge in [-0.1, -0.05) is 30.3 Å². The Hall–Kier alpha value is -2.11. The highest BCUT2D eigenvalue weighted by molar-refractivity contribution is 5.84. The summed E-state index contributed by atoms with van der Waals surface area (Å²) in [5, 5.41) is 14.7. The lowest BCUT2D eigenvalue weighted by molar-refractivity contribution is -0.127. The quantitative estimate of drug-likeness (QED) is 0.845. The van der Waals surface area contributed by atoms with Crippen molar-refractivity contribution in [1.29, 1.82) is 0 Å². The average molecular weight is 342 g/mol. The number of amides is 1. The zero-order valence-corrected chi connectivity index (χ0v) is 14.6. The third kappa shape index (κ3) is 4.94. The van der Waals surface area contributed by atoms with E-state index in [2.05, 4.69) is 16.3 Å². The highest BCUT2D eigenvalue weighted by Gasteiger charge is 2.18. The van der Waals surface area contributed by atoms with Gasteiger partial charge in [0.05, 0.1) is 6.10 Å². The second kappa shape index (κ2) is 8.32. The van der Waals surface area contributed by atoms with Crippen LogP contribution in [0.3, 0.4) is 0 Å². The van der Waals surface area contributed by atoms with Gasteiger partial charge >= 0.3 is 0 Å². The van der Waals surface area contributed by atoms with Gasteiger partial charge in [-0.05, 0) is 42.7 Å². The molecule has 0 unspecified atom stereocenters. The monoisotopic (exact) mass is 342 g/mol. The van der Waals surface area contributed by atoms with E-state index < -0.39 is 6.10 Å². The number of carbonyl (C=O) groups excluding carboxylic acids is 1. The summed E-state index contributed by atoms with van der Waals surface area (Å²) in [7, 11) is 0. The van der Waals surface area contributed by atoms with Crippen molar-refractivity contribution in [2.24, 2.45) is 0 Å². The molecule has 0 radical (unpaired) electrons. The first-order chi connectivity index (χ1) is 12.1. The van der Waals surface area contributed by atoms with E-state index in [0.717, 1.165) is 43.2 Å². The molecule has 134 valence electrons. The van der Waals surface area contributed by atoms with Gasteiger partial charge in [0.2, 0.25) is 0 Å². The molecule has 0 aromatic heterocycles. The average Bonchev–Trinajstić information content (AvgIpc) is 2.63. The normalized spacial score (nSPS) is 17.4. The lowest BCUT2D eigenvalue weighted by atomic mass is 10.1. The van der Waals surface area contributed by atoms with Crippen LogP contribution in [0.25, 0.3) is 10.8 Å². The minimum absolute atomic E-state index is 0.106. The van der Waals surface area contributed by atoms with Crippen molar-refractivity contribution in [3.05, 3.63) is 42.5 Å². The summed E-state index contributed by atoms with van der Waals surface area (Å²) in [6, 6.07) is 13.9. The number of aliphatic hydroxyl groups excluding tert-OH is 1. The fraction of sp³-hybridized carbons (Fsp3) is 0.450. The van der Waals surface area contributed by atoms with Crippen molar-refractivity contribution in [1.82, 2.24) is 10.2 Å². The topological polar surface area (TPSA) is 61.8 Å². The molecule has 1 saturated heterocycles. The SMILES string of the molecule is C[C@@H](Oc1ccc2ccccc2c1)C(=O)NCCN1CCC(O)CC1. The number of hydrogen-bond donors (Lipinski definition) is 2. The van der Waals surface area contributed by atoms with Crippen molar-refractivity contribution < 1.29 is 14.6 Å². The van der Waals surface area contributed by atoms with E-state index in [1.165, 1.54) is 0 Å². The molecule has 1 amide bonds. The Labute approximate surface area is 148 Å². The van der Waals surface area contributed by atoms with Crippen molar-refractivity contribution >= 4 is 16.7 Å². The number of carbonyl (C=O) groups is 1. The minimum Gasteiger partial charge on any atom is -0.481 e. The Morgan fingerprint density at radius 2 is 1.96 bits per heavy atom. The van der Waals surface area contributed by atoms with Crippen LogP contribution in [-0.2, 0) is 4.79 Å². The predicted molar refractivity (Wildman–Crippen MR) is 98.7 cm³/mol. The second-order valence-corrected chi connectivity index (χ2v) is 6.63. The Bertz CT molecular complexity index is 711. The fourth-order valence-electron chi connectivity index (χ4n) is 3.12. The van der Waals surface area contributed by atoms with Crippen molar-refractivity contribution in [3.8, 4) is 5.75 Å². The zero-order valence-electron chi connectivity index (χ0n) is 14.6. The lowest BCUT2D eigenvalue weighted by Gasteiger charge is -2.29. The summed E-state index contributed by atoms with van der Waals surface area (Å²) in [5.41, 5.74) is 0. The molecule has 1 aliphatic heterocycles. The molecular weight excluding hydrogens is 316 g/mol. The number of ether oxygens (including phenoxy) is 1. The van der Waals surface area contributed by atoms with Crippen molar-refractivity contribution in [3.63, 3.8) is 0 Å². The molecule has 0 aliphatic carbocycles. The minimum atomic E-state index is -0.538. The van der Waals surface area contributed by atoms with Crippen LogP contribution in [0.5, 0.6) is 5.75 Å². The molecule has 1 heterocycles. The zero-order chi connectivity index (χ0) is 17.6. The fourth-order valence-corrected chi connectivity index (χ4v) is 3.12. The van der Waals surface area contributed by atoms with Crippen LogP contribution in [0.1, 0.15) is 19.8 Å². The van der Waals surface area contributed by atoms with E-state index in [1.54, 1.807) is 6.92 Å². The maximum atomic E-state index is 12.2. The first kappa shape index (κ1) is 17.7. The maximum absolute atomic E-state index is 12.2. The van der Waals surface area contributed by atoms with Gasteiger partial charge < -0.3 is 20.1 Å². The van der Waals surface area contributed by atoms with E-state index in [4.69, 9.17) is 4.74 Å². The number of piperidine rings is 1. The van der Waals surface area contributed by atoms with E-state index in [1.807, 2.05) is 36.4 Å².